The Bertz CT molecular complexity index is 1170. The van der Waals surface area contributed by atoms with Gasteiger partial charge in [0.2, 0.25) is 5.91 Å². The van der Waals surface area contributed by atoms with Crippen molar-refractivity contribution in [3.63, 3.8) is 0 Å². The zero-order valence-electron chi connectivity index (χ0n) is 20.1. The number of alkyl carbamates (subject to hydrolysis) is 1. The molecule has 1 atom stereocenters. The van der Waals surface area contributed by atoms with Crippen molar-refractivity contribution in [2.75, 3.05) is 13.7 Å². The summed E-state index contributed by atoms with van der Waals surface area (Å²) in [5.41, 5.74) is 4.95. The Hall–Kier alpha value is -4.04. The summed E-state index contributed by atoms with van der Waals surface area (Å²) in [4.78, 5) is 24.4. The molecule has 0 unspecified atom stereocenters. The van der Waals surface area contributed by atoms with Gasteiger partial charge in [-0.15, -0.1) is 0 Å². The summed E-state index contributed by atoms with van der Waals surface area (Å²) in [5, 5.41) is 7.41. The van der Waals surface area contributed by atoms with E-state index in [1.807, 2.05) is 42.5 Å². The molecule has 9 heteroatoms. The molecule has 3 aromatic carbocycles. The second kappa shape index (κ2) is 13.7. The van der Waals surface area contributed by atoms with Gasteiger partial charge in [-0.2, -0.15) is 5.10 Å². The average Bonchev–Trinajstić information content (AvgIpc) is 2.89. The van der Waals surface area contributed by atoms with Crippen molar-refractivity contribution in [2.24, 2.45) is 5.10 Å². The predicted octanol–water partition coefficient (Wildman–Crippen LogP) is 5.26. The minimum absolute atomic E-state index is 0.0129. The van der Waals surface area contributed by atoms with Crippen LogP contribution in [0.25, 0.3) is 0 Å². The van der Waals surface area contributed by atoms with Crippen molar-refractivity contribution in [3.05, 3.63) is 94.5 Å². The van der Waals surface area contributed by atoms with Crippen molar-refractivity contribution >= 4 is 29.8 Å². The topological polar surface area (TPSA) is 98.2 Å². The number of rotatable bonds is 11. The molecule has 0 aliphatic heterocycles. The van der Waals surface area contributed by atoms with Crippen LogP contribution in [-0.4, -0.2) is 31.9 Å². The molecule has 8 nitrogen and oxygen atoms in total. The van der Waals surface area contributed by atoms with Crippen LogP contribution >= 0.6 is 11.6 Å². The molecule has 0 fully saturated rings. The van der Waals surface area contributed by atoms with E-state index in [-0.39, 0.29) is 18.9 Å². The van der Waals surface area contributed by atoms with Crippen LogP contribution in [0.4, 0.5) is 4.79 Å². The summed E-state index contributed by atoms with van der Waals surface area (Å²) in [6, 6.07) is 21.3. The number of nitrogens with one attached hydrogen (secondary N) is 2. The van der Waals surface area contributed by atoms with E-state index in [0.29, 0.717) is 28.7 Å². The lowest BCUT2D eigenvalue weighted by atomic mass is 10.0. The van der Waals surface area contributed by atoms with Gasteiger partial charge < -0.3 is 19.5 Å². The molecule has 0 aromatic heterocycles. The molecule has 0 saturated heterocycles. The van der Waals surface area contributed by atoms with E-state index in [4.69, 9.17) is 25.8 Å². The van der Waals surface area contributed by atoms with Crippen molar-refractivity contribution < 1.29 is 23.8 Å². The molecule has 3 aromatic rings. The zero-order valence-corrected chi connectivity index (χ0v) is 20.8. The van der Waals surface area contributed by atoms with Gasteiger partial charge in [-0.05, 0) is 53.9 Å². The van der Waals surface area contributed by atoms with E-state index in [1.54, 1.807) is 44.4 Å². The van der Waals surface area contributed by atoms with Crippen molar-refractivity contribution in [1.82, 2.24) is 10.7 Å². The predicted molar refractivity (Wildman–Crippen MR) is 138 cm³/mol. The molecule has 0 radical (unpaired) electrons. The minimum atomic E-state index is -0.590. The largest absolute Gasteiger partial charge is 0.493 e. The van der Waals surface area contributed by atoms with Gasteiger partial charge in [0.15, 0.2) is 11.5 Å². The number of hydrazone groups is 1. The summed E-state index contributed by atoms with van der Waals surface area (Å²) in [7, 11) is 1.55. The Balaban J connectivity index is 1.58. The lowest BCUT2D eigenvalue weighted by Gasteiger charge is -2.18. The van der Waals surface area contributed by atoms with Crippen LogP contribution in [-0.2, 0) is 16.1 Å². The fourth-order valence-corrected chi connectivity index (χ4v) is 3.41. The van der Waals surface area contributed by atoms with E-state index in [2.05, 4.69) is 15.8 Å². The monoisotopic (exact) mass is 509 g/mol. The SMILES string of the molecule is CCOC(=O)N[C@@H](CC(=O)N/N=C\c1ccc(OCc2ccc(Cl)cc2)c(OC)c1)c1ccccc1. The fourth-order valence-electron chi connectivity index (χ4n) is 3.29. The summed E-state index contributed by atoms with van der Waals surface area (Å²) < 4.78 is 16.2. The van der Waals surface area contributed by atoms with Crippen LogP contribution < -0.4 is 20.2 Å². The Morgan fingerprint density at radius 2 is 1.78 bits per heavy atom. The molecule has 2 N–H and O–H groups in total. The van der Waals surface area contributed by atoms with Gasteiger partial charge in [0.25, 0.3) is 0 Å². The van der Waals surface area contributed by atoms with Gasteiger partial charge >= 0.3 is 6.09 Å². The summed E-state index contributed by atoms with van der Waals surface area (Å²) in [6.07, 6.45) is 0.897. The number of benzene rings is 3. The molecule has 0 aliphatic carbocycles. The van der Waals surface area contributed by atoms with Gasteiger partial charge in [-0.25, -0.2) is 10.2 Å². The highest BCUT2D eigenvalue weighted by molar-refractivity contribution is 6.30. The van der Waals surface area contributed by atoms with Crippen LogP contribution in [0.1, 0.15) is 36.1 Å². The number of hydrogen-bond acceptors (Lipinski definition) is 6. The maximum absolute atomic E-state index is 12.5. The van der Waals surface area contributed by atoms with Crippen LogP contribution in [0.15, 0.2) is 77.9 Å². The van der Waals surface area contributed by atoms with E-state index >= 15 is 0 Å². The maximum atomic E-state index is 12.5. The number of hydrogen-bond donors (Lipinski definition) is 2. The van der Waals surface area contributed by atoms with Crippen LogP contribution in [0.5, 0.6) is 11.5 Å². The smallest absolute Gasteiger partial charge is 0.407 e. The summed E-state index contributed by atoms with van der Waals surface area (Å²) >= 11 is 5.92. The van der Waals surface area contributed by atoms with Crippen molar-refractivity contribution in [1.29, 1.82) is 0 Å². The van der Waals surface area contributed by atoms with Gasteiger partial charge in [0.05, 0.1) is 32.4 Å². The molecule has 2 amide bonds. The Morgan fingerprint density at radius 3 is 2.47 bits per heavy atom. The van der Waals surface area contributed by atoms with Gasteiger partial charge in [0.1, 0.15) is 6.61 Å². The highest BCUT2D eigenvalue weighted by Gasteiger charge is 2.18. The van der Waals surface area contributed by atoms with E-state index < -0.39 is 12.1 Å². The molecule has 0 spiro atoms. The van der Waals surface area contributed by atoms with Crippen LogP contribution in [0.2, 0.25) is 5.02 Å². The van der Waals surface area contributed by atoms with Crippen molar-refractivity contribution in [3.8, 4) is 11.5 Å². The first-order valence-electron chi connectivity index (χ1n) is 11.3. The van der Waals surface area contributed by atoms with Gasteiger partial charge in [-0.3, -0.25) is 4.79 Å². The molecule has 3 rings (SSSR count). The zero-order chi connectivity index (χ0) is 25.8. The number of carbonyl (C=O) groups excluding carboxylic acids is 2. The number of carbonyl (C=O) groups is 2. The molecule has 188 valence electrons. The average molecular weight is 510 g/mol. The molecule has 0 heterocycles. The molecular formula is C27H28ClN3O5. The quantitative estimate of drug-likeness (QED) is 0.271. The number of halogens is 1. The van der Waals surface area contributed by atoms with Crippen LogP contribution in [0, 0.1) is 0 Å². The lowest BCUT2D eigenvalue weighted by molar-refractivity contribution is -0.121. The Kier molecular flexibility index (Phi) is 10.1. The molecule has 36 heavy (non-hydrogen) atoms. The third kappa shape index (κ3) is 8.32. The lowest BCUT2D eigenvalue weighted by Crippen LogP contribution is -2.33. The number of nitrogens with zero attached hydrogens (tertiary/aromatic N) is 1. The number of ether oxygens (including phenoxy) is 3. The second-order valence-corrected chi connectivity index (χ2v) is 8.09. The molecule has 0 aliphatic rings. The molecular weight excluding hydrogens is 482 g/mol. The van der Waals surface area contributed by atoms with E-state index in [9.17, 15) is 9.59 Å². The van der Waals surface area contributed by atoms with E-state index in [1.165, 1.54) is 6.21 Å². The number of methoxy groups -OCH3 is 1. The first kappa shape index (κ1) is 26.6. The maximum Gasteiger partial charge on any atom is 0.407 e. The Labute approximate surface area is 215 Å². The minimum Gasteiger partial charge on any atom is -0.493 e. The van der Waals surface area contributed by atoms with Gasteiger partial charge in [-0.1, -0.05) is 54.1 Å². The second-order valence-electron chi connectivity index (χ2n) is 7.65. The number of amides is 2. The first-order chi connectivity index (χ1) is 17.5. The summed E-state index contributed by atoms with van der Waals surface area (Å²) in [5.74, 6) is 0.734. The third-order valence-electron chi connectivity index (χ3n) is 5.06. The highest BCUT2D eigenvalue weighted by atomic mass is 35.5. The first-order valence-corrected chi connectivity index (χ1v) is 11.7. The third-order valence-corrected chi connectivity index (χ3v) is 5.31. The fraction of sp³-hybridized carbons (Fsp3) is 0.222. The normalized spacial score (nSPS) is 11.5. The van der Waals surface area contributed by atoms with E-state index in [0.717, 1.165) is 11.1 Å². The van der Waals surface area contributed by atoms with Gasteiger partial charge in [0, 0.05) is 5.02 Å². The van der Waals surface area contributed by atoms with Crippen molar-refractivity contribution in [2.45, 2.75) is 26.0 Å². The highest BCUT2D eigenvalue weighted by Crippen LogP contribution is 2.28. The standard InChI is InChI=1S/C27H28ClN3O5/c1-3-35-27(33)30-23(21-7-5-4-6-8-21)16-26(32)31-29-17-20-11-14-24(25(15-20)34-2)36-18-19-9-12-22(28)13-10-19/h4-15,17,23H,3,16,18H2,1-2H3,(H,30,33)(H,31,32)/b29-17-/t23-/m0/s1. The summed E-state index contributed by atoms with van der Waals surface area (Å²) in [6.45, 7) is 2.31. The molecule has 0 bridgehead atoms. The van der Waals surface area contributed by atoms with Crippen LogP contribution in [0.3, 0.4) is 0 Å². The Morgan fingerprint density at radius 1 is 1.03 bits per heavy atom. The molecule has 0 saturated carbocycles.